The first kappa shape index (κ1) is 16.0. The summed E-state index contributed by atoms with van der Waals surface area (Å²) in [5, 5.41) is 10.9. The number of hydrogen-bond acceptors (Lipinski definition) is 4. The molecule has 0 atom stereocenters. The Morgan fingerprint density at radius 2 is 2.08 bits per heavy atom. The van der Waals surface area contributed by atoms with Crippen molar-refractivity contribution >= 4 is 17.3 Å². The van der Waals surface area contributed by atoms with Crippen LogP contribution in [0.25, 0.3) is 0 Å². The molecule has 0 spiro atoms. The summed E-state index contributed by atoms with van der Waals surface area (Å²) >= 11 is 0. The third-order valence-corrected chi connectivity index (χ3v) is 4.14. The number of nitro groups is 1. The predicted molar refractivity (Wildman–Crippen MR) is 90.4 cm³/mol. The van der Waals surface area contributed by atoms with Gasteiger partial charge in [-0.1, -0.05) is 18.2 Å². The standard InChI is InChI=1S/C18H18N2O4/c1-13-8-9-15(20(22)23)11-17(13)24-12-18(21)19-10-4-6-14-5-2-3-7-16(14)19/h2-3,5,7-9,11H,4,6,10,12H2,1H3. The average molecular weight is 326 g/mol. The van der Waals surface area contributed by atoms with Gasteiger partial charge in [-0.2, -0.15) is 0 Å². The summed E-state index contributed by atoms with van der Waals surface area (Å²) in [6, 6.07) is 12.2. The van der Waals surface area contributed by atoms with Gasteiger partial charge in [-0.3, -0.25) is 14.9 Å². The quantitative estimate of drug-likeness (QED) is 0.638. The van der Waals surface area contributed by atoms with Gasteiger partial charge in [0.15, 0.2) is 6.61 Å². The Labute approximate surface area is 139 Å². The van der Waals surface area contributed by atoms with E-state index in [1.807, 2.05) is 24.3 Å². The Hall–Kier alpha value is -2.89. The van der Waals surface area contributed by atoms with Gasteiger partial charge in [-0.05, 0) is 43.0 Å². The van der Waals surface area contributed by atoms with Crippen molar-refractivity contribution < 1.29 is 14.5 Å². The lowest BCUT2D eigenvalue weighted by atomic mass is 10.0. The molecular weight excluding hydrogens is 308 g/mol. The van der Waals surface area contributed by atoms with Crippen LogP contribution in [0, 0.1) is 17.0 Å². The predicted octanol–water partition coefficient (Wildman–Crippen LogP) is 3.26. The van der Waals surface area contributed by atoms with E-state index in [0.717, 1.165) is 29.7 Å². The van der Waals surface area contributed by atoms with Crippen LogP contribution in [0.4, 0.5) is 11.4 Å². The van der Waals surface area contributed by atoms with Gasteiger partial charge in [-0.15, -0.1) is 0 Å². The second-order valence-electron chi connectivity index (χ2n) is 5.77. The van der Waals surface area contributed by atoms with Crippen molar-refractivity contribution in [3.8, 4) is 5.75 Å². The lowest BCUT2D eigenvalue weighted by molar-refractivity contribution is -0.384. The van der Waals surface area contributed by atoms with Gasteiger partial charge in [0, 0.05) is 18.3 Å². The highest BCUT2D eigenvalue weighted by Crippen LogP contribution is 2.28. The van der Waals surface area contributed by atoms with E-state index in [1.54, 1.807) is 17.9 Å². The summed E-state index contributed by atoms with van der Waals surface area (Å²) in [6.07, 6.45) is 1.88. The zero-order valence-corrected chi connectivity index (χ0v) is 13.4. The van der Waals surface area contributed by atoms with Crippen molar-refractivity contribution in [1.82, 2.24) is 0 Å². The fraction of sp³-hybridized carbons (Fsp3) is 0.278. The maximum atomic E-state index is 12.5. The summed E-state index contributed by atoms with van der Waals surface area (Å²) in [5.74, 6) is 0.218. The van der Waals surface area contributed by atoms with Crippen LogP contribution in [0.3, 0.4) is 0 Å². The van der Waals surface area contributed by atoms with Gasteiger partial charge >= 0.3 is 0 Å². The largest absolute Gasteiger partial charge is 0.483 e. The number of non-ortho nitro benzene ring substituents is 1. The number of rotatable bonds is 4. The first-order valence-corrected chi connectivity index (χ1v) is 7.82. The maximum Gasteiger partial charge on any atom is 0.273 e. The van der Waals surface area contributed by atoms with Gasteiger partial charge in [0.2, 0.25) is 0 Å². The first-order chi connectivity index (χ1) is 11.6. The minimum Gasteiger partial charge on any atom is -0.483 e. The molecule has 0 radical (unpaired) electrons. The molecule has 1 aliphatic heterocycles. The highest BCUT2D eigenvalue weighted by Gasteiger charge is 2.22. The van der Waals surface area contributed by atoms with Crippen molar-refractivity contribution in [3.05, 3.63) is 63.7 Å². The number of ether oxygens (including phenoxy) is 1. The molecule has 0 unspecified atom stereocenters. The number of anilines is 1. The summed E-state index contributed by atoms with van der Waals surface area (Å²) in [6.45, 7) is 2.31. The zero-order chi connectivity index (χ0) is 17.1. The molecule has 0 bridgehead atoms. The fourth-order valence-corrected chi connectivity index (χ4v) is 2.87. The molecule has 124 valence electrons. The van der Waals surface area contributed by atoms with Crippen LogP contribution in [0.2, 0.25) is 0 Å². The van der Waals surface area contributed by atoms with Crippen molar-refractivity contribution in [2.45, 2.75) is 19.8 Å². The second kappa shape index (κ2) is 6.70. The number of para-hydroxylation sites is 1. The van der Waals surface area contributed by atoms with Gasteiger partial charge in [0.05, 0.1) is 11.0 Å². The monoisotopic (exact) mass is 326 g/mol. The molecule has 0 saturated heterocycles. The molecule has 1 aliphatic rings. The van der Waals surface area contributed by atoms with Gasteiger partial charge in [-0.25, -0.2) is 0 Å². The Kier molecular flexibility index (Phi) is 4.46. The molecule has 0 fully saturated rings. The summed E-state index contributed by atoms with van der Waals surface area (Å²) in [5.41, 5.74) is 2.79. The van der Waals surface area contributed by atoms with Crippen molar-refractivity contribution in [2.24, 2.45) is 0 Å². The second-order valence-corrected chi connectivity index (χ2v) is 5.77. The highest BCUT2D eigenvalue weighted by atomic mass is 16.6. The van der Waals surface area contributed by atoms with E-state index in [9.17, 15) is 14.9 Å². The molecule has 6 heteroatoms. The molecule has 0 saturated carbocycles. The number of benzene rings is 2. The number of aryl methyl sites for hydroxylation is 2. The highest BCUT2D eigenvalue weighted by molar-refractivity contribution is 5.95. The minimum atomic E-state index is -0.477. The normalized spacial score (nSPS) is 13.3. The SMILES string of the molecule is Cc1ccc([N+](=O)[O-])cc1OCC(=O)N1CCCc2ccccc21. The number of nitro benzene ring substituents is 1. The molecule has 0 N–H and O–H groups in total. The van der Waals surface area contributed by atoms with E-state index in [0.29, 0.717) is 12.3 Å². The molecule has 24 heavy (non-hydrogen) atoms. The third kappa shape index (κ3) is 3.22. The lowest BCUT2D eigenvalue weighted by Crippen LogP contribution is -2.38. The van der Waals surface area contributed by atoms with E-state index in [-0.39, 0.29) is 18.2 Å². The minimum absolute atomic E-state index is 0.0497. The number of amides is 1. The molecule has 2 aromatic rings. The Balaban J connectivity index is 1.73. The maximum absolute atomic E-state index is 12.5. The lowest BCUT2D eigenvalue weighted by Gasteiger charge is -2.29. The van der Waals surface area contributed by atoms with E-state index < -0.39 is 4.92 Å². The van der Waals surface area contributed by atoms with Gasteiger partial charge in [0.25, 0.3) is 11.6 Å². The topological polar surface area (TPSA) is 72.7 Å². The Morgan fingerprint density at radius 3 is 2.88 bits per heavy atom. The number of nitrogens with zero attached hydrogens (tertiary/aromatic N) is 2. The molecule has 1 heterocycles. The van der Waals surface area contributed by atoms with Crippen LogP contribution >= 0.6 is 0 Å². The Morgan fingerprint density at radius 1 is 1.29 bits per heavy atom. The number of carbonyl (C=O) groups excluding carboxylic acids is 1. The van der Waals surface area contributed by atoms with E-state index in [1.165, 1.54) is 12.1 Å². The van der Waals surface area contributed by atoms with Crippen LogP contribution < -0.4 is 9.64 Å². The molecular formula is C18H18N2O4. The van der Waals surface area contributed by atoms with E-state index in [4.69, 9.17) is 4.74 Å². The summed E-state index contributed by atoms with van der Waals surface area (Å²) < 4.78 is 5.56. The van der Waals surface area contributed by atoms with Gasteiger partial charge in [0.1, 0.15) is 5.75 Å². The van der Waals surface area contributed by atoms with Crippen molar-refractivity contribution in [3.63, 3.8) is 0 Å². The summed E-state index contributed by atoms with van der Waals surface area (Å²) in [4.78, 5) is 24.6. The fourth-order valence-electron chi connectivity index (χ4n) is 2.87. The van der Waals surface area contributed by atoms with E-state index in [2.05, 4.69) is 0 Å². The molecule has 3 rings (SSSR count). The molecule has 6 nitrogen and oxygen atoms in total. The average Bonchev–Trinajstić information content (AvgIpc) is 2.60. The number of hydrogen-bond donors (Lipinski definition) is 0. The molecule has 2 aromatic carbocycles. The van der Waals surface area contributed by atoms with Crippen LogP contribution in [0.5, 0.6) is 5.75 Å². The number of fused-ring (bicyclic) bond motifs is 1. The van der Waals surface area contributed by atoms with Crippen LogP contribution in [-0.4, -0.2) is 24.0 Å². The molecule has 1 amide bonds. The van der Waals surface area contributed by atoms with Crippen LogP contribution in [0.15, 0.2) is 42.5 Å². The molecule has 0 aliphatic carbocycles. The Bertz CT molecular complexity index is 788. The third-order valence-electron chi connectivity index (χ3n) is 4.14. The van der Waals surface area contributed by atoms with Crippen LogP contribution in [-0.2, 0) is 11.2 Å². The number of carbonyl (C=O) groups is 1. The zero-order valence-electron chi connectivity index (χ0n) is 13.4. The molecule has 0 aromatic heterocycles. The van der Waals surface area contributed by atoms with Crippen LogP contribution in [0.1, 0.15) is 17.5 Å². The van der Waals surface area contributed by atoms with Crippen molar-refractivity contribution in [2.75, 3.05) is 18.1 Å². The smallest absolute Gasteiger partial charge is 0.273 e. The van der Waals surface area contributed by atoms with E-state index >= 15 is 0 Å². The first-order valence-electron chi connectivity index (χ1n) is 7.82. The van der Waals surface area contributed by atoms with Gasteiger partial charge < -0.3 is 9.64 Å². The summed E-state index contributed by atoms with van der Waals surface area (Å²) in [7, 11) is 0. The van der Waals surface area contributed by atoms with Crippen molar-refractivity contribution in [1.29, 1.82) is 0 Å².